The van der Waals surface area contributed by atoms with E-state index < -0.39 is 10.8 Å². The Morgan fingerprint density at radius 3 is 0.825 bits per heavy atom. The van der Waals surface area contributed by atoms with Crippen molar-refractivity contribution in [1.29, 1.82) is 0 Å². The molecule has 1 aromatic heterocycles. The molecule has 30 aromatic rings. The highest BCUT2D eigenvalue weighted by Crippen LogP contribution is 2.97. The largest absolute Gasteiger partial charge is 0.384 e. The monoisotopic (exact) mass is 987 g/mol. The number of rotatable bonds is 6. The quantitative estimate of drug-likeness (QED) is 0.163. The maximum atomic E-state index is 14.6. The first-order valence-electron chi connectivity index (χ1n) is 29.6. The van der Waals surface area contributed by atoms with Gasteiger partial charge in [-0.15, -0.1) is 0 Å². The smallest absolute Gasteiger partial charge is 0.225 e. The van der Waals surface area contributed by atoms with E-state index >= 15 is 0 Å². The van der Waals surface area contributed by atoms with E-state index in [0.29, 0.717) is 18.1 Å². The molecule has 5 aliphatic carbocycles. The van der Waals surface area contributed by atoms with E-state index in [1.807, 2.05) is 12.1 Å². The van der Waals surface area contributed by atoms with Crippen molar-refractivity contribution in [1.82, 2.24) is 4.98 Å². The summed E-state index contributed by atoms with van der Waals surface area (Å²) in [6.07, 6.45) is 2.07. The fourth-order valence-electron chi connectivity index (χ4n) is 27.6. The normalized spacial score (nSPS) is 22.6. The Bertz CT molecular complexity index is 7410. The van der Waals surface area contributed by atoms with Gasteiger partial charge >= 0.3 is 0 Å². The van der Waals surface area contributed by atoms with Crippen LogP contribution in [0.15, 0.2) is 48.5 Å². The highest BCUT2D eigenvalue weighted by Gasteiger charge is 2.94. The fourth-order valence-corrected chi connectivity index (χ4v) is 27.6. The number of nitrogens with one attached hydrogen (secondary N) is 1. The first-order chi connectivity index (χ1) is 39.7. The molecule has 5 aliphatic rings. The number of carbonyl (C=O) groups excluding carboxylic acids is 1. The van der Waals surface area contributed by atoms with Crippen LogP contribution in [-0.2, 0) is 21.0 Å². The van der Waals surface area contributed by atoms with E-state index in [1.54, 1.807) is 319 Å². The summed E-state index contributed by atoms with van der Waals surface area (Å²) in [6.45, 7) is 0. The molecule has 0 saturated heterocycles. The van der Waals surface area contributed by atoms with Gasteiger partial charge in [0.1, 0.15) is 11.6 Å². The lowest BCUT2D eigenvalue weighted by Crippen LogP contribution is -2.27. The molecule has 2 spiro atoms. The summed E-state index contributed by atoms with van der Waals surface area (Å²) in [7, 11) is 0. The Morgan fingerprint density at radius 1 is 0.325 bits per heavy atom. The van der Waals surface area contributed by atoms with E-state index in [4.69, 9.17) is 5.73 Å². The minimum atomic E-state index is -0.390. The van der Waals surface area contributed by atoms with Crippen molar-refractivity contribution in [2.45, 2.75) is 35.5 Å². The number of anilines is 2. The van der Waals surface area contributed by atoms with Gasteiger partial charge in [0.25, 0.3) is 0 Å². The number of nitrogen functional groups attached to an aromatic ring is 1. The molecule has 1 saturated carbocycles. The van der Waals surface area contributed by atoms with Crippen LogP contribution in [0.5, 0.6) is 0 Å². The van der Waals surface area contributed by atoms with E-state index in [9.17, 15) is 4.79 Å². The third kappa shape index (κ3) is 1.79. The van der Waals surface area contributed by atoms with Crippen molar-refractivity contribution in [2.24, 2.45) is 0 Å². The maximum Gasteiger partial charge on any atom is 0.225 e. The van der Waals surface area contributed by atoms with Crippen LogP contribution in [0.1, 0.15) is 47.1 Å². The second kappa shape index (κ2) is 7.47. The zero-order chi connectivity index (χ0) is 48.5. The zero-order valence-corrected chi connectivity index (χ0v) is 41.2. The Balaban J connectivity index is 0.971. The average Bonchev–Trinajstić information content (AvgIpc) is 1.37. The van der Waals surface area contributed by atoms with Crippen molar-refractivity contribution in [3.63, 3.8) is 0 Å². The molecule has 3 N–H and O–H groups in total. The number of nitrogens with zero attached hydrogens (tertiary/aromatic N) is 1. The van der Waals surface area contributed by atoms with Gasteiger partial charge in [-0.2, -0.15) is 0 Å². The zero-order valence-electron chi connectivity index (χ0n) is 41.2. The molecule has 0 radical (unpaired) electrons. The fraction of sp³-hybridized carbons (Fsp3) is 0.0789. The Labute approximate surface area is 438 Å². The van der Waals surface area contributed by atoms with Crippen molar-refractivity contribution in [3.8, 4) is 0 Å². The molecule has 0 unspecified atom stereocenters. The van der Waals surface area contributed by atoms with Gasteiger partial charge in [0, 0.05) is 22.7 Å². The van der Waals surface area contributed by atoms with Crippen LogP contribution >= 0.6 is 0 Å². The highest BCUT2D eigenvalue weighted by atomic mass is 16.1. The van der Waals surface area contributed by atoms with E-state index in [-0.39, 0.29) is 11.3 Å². The van der Waals surface area contributed by atoms with Gasteiger partial charge in [-0.05, 0) is 344 Å². The van der Waals surface area contributed by atoms with Crippen LogP contribution in [0, 0.1) is 0 Å². The van der Waals surface area contributed by atoms with Crippen LogP contribution < -0.4 is 11.1 Å². The van der Waals surface area contributed by atoms with Crippen molar-refractivity contribution >= 4 is 308 Å². The van der Waals surface area contributed by atoms with E-state index in [1.165, 1.54) is 5.56 Å². The molecule has 1 fully saturated rings. The number of nitrogens with two attached hydrogens (primary N) is 1. The molecule has 4 nitrogen and oxygen atoms in total. The lowest BCUT2D eigenvalue weighted by atomic mass is 9.68. The second-order valence-corrected chi connectivity index (χ2v) is 28.4. The molecule has 29 aromatic carbocycles. The van der Waals surface area contributed by atoms with E-state index in [0.717, 1.165) is 12.8 Å². The topological polar surface area (TPSA) is 68.0 Å². The summed E-state index contributed by atoms with van der Waals surface area (Å²) >= 11 is 0. The number of amides is 1. The molecule has 80 heavy (non-hydrogen) atoms. The van der Waals surface area contributed by atoms with Gasteiger partial charge in [-0.1, -0.05) is 36.4 Å². The molecular formula is C76H17N3O. The number of pyridine rings is 1. The van der Waals surface area contributed by atoms with Gasteiger partial charge < -0.3 is 11.1 Å². The minimum Gasteiger partial charge on any atom is -0.384 e. The Kier molecular flexibility index (Phi) is 2.94. The Morgan fingerprint density at radius 2 is 0.575 bits per heavy atom. The van der Waals surface area contributed by atoms with Crippen LogP contribution in [0.25, 0.3) is 291 Å². The SMILES string of the molecule is Nc1cccc(NC(=O)CCCC2(c3ccccc3)C34c5c6c7c8c9c%10c(c%11c%12c3c3c5c5c%13c6c6c7c7c9c9c%14c%10c%10c%11c%11c%12c%12c3c3c5c5c%13c%13c6c6c7c9c7c9c%14c%10c%10c%11c%11c%12c3c3c5c5c%13c6c7c6c9c%10c%11c3c56)C824)n1. The summed E-state index contributed by atoms with van der Waals surface area (Å²) in [4.78, 5) is 19.1. The van der Waals surface area contributed by atoms with Crippen molar-refractivity contribution in [3.05, 3.63) is 76.3 Å². The highest BCUT2D eigenvalue weighted by molar-refractivity contribution is 6.82. The molecule has 342 valence electrons. The third-order valence-electron chi connectivity index (χ3n) is 27.8. The number of hydrogen-bond donors (Lipinski definition) is 2. The summed E-state index contributed by atoms with van der Waals surface area (Å²) < 4.78 is 0. The number of aromatic nitrogens is 1. The van der Waals surface area contributed by atoms with Crippen LogP contribution in [0.2, 0.25) is 0 Å². The van der Waals surface area contributed by atoms with Gasteiger partial charge in [-0.25, -0.2) is 4.98 Å². The third-order valence-corrected chi connectivity index (χ3v) is 27.8. The van der Waals surface area contributed by atoms with Gasteiger partial charge in [-0.3, -0.25) is 4.79 Å². The number of carbonyl (C=O) groups is 1. The molecule has 0 atom stereocenters. The average molecular weight is 988 g/mol. The summed E-state index contributed by atoms with van der Waals surface area (Å²) in [5.74, 6) is 0.966. The molecular weight excluding hydrogens is 971 g/mol. The maximum absolute atomic E-state index is 14.6. The minimum absolute atomic E-state index is 0.0157. The first-order valence-corrected chi connectivity index (χ1v) is 29.6. The van der Waals surface area contributed by atoms with Crippen molar-refractivity contribution in [2.75, 3.05) is 11.1 Å². The summed E-state index contributed by atoms with van der Waals surface area (Å²) in [6, 6.07) is 17.7. The standard InChI is InChI=1S/C76H17N3O/c77-13-8-4-9-14(78-13)79-15(80)10-5-11-74(12-6-2-1-3-7-12)75-70-62-54-44-34-26-18-16-17-20-24-22(18)30-38-32(24)42-36-28(20)29-21(17)25-23-19(16)27(26)35-41-31(23)39-33(25)43-37(29)47-46(36)56-50(42)60-52(38)58(48(54)40(30)34)66(70)68(60)72-64(56)65-57(47)51(43)61-53(39)59-49(41)55(45(35)44)63(62)71(75)67(59)69(61)73(65)76(72,74)75/h1-4,6-9H,5,10-11H2,(H3,77,78,79,80). The van der Waals surface area contributed by atoms with E-state index in [2.05, 4.69) is 40.6 Å². The van der Waals surface area contributed by atoms with Crippen LogP contribution in [0.4, 0.5) is 11.6 Å². The molecule has 1 heterocycles. The molecule has 4 heteroatoms. The predicted octanol–water partition coefficient (Wildman–Crippen LogP) is 19.0. The van der Waals surface area contributed by atoms with Gasteiger partial charge in [0.05, 0.1) is 0 Å². The molecule has 0 bridgehead atoms. The lowest BCUT2D eigenvalue weighted by molar-refractivity contribution is -0.116. The molecule has 1 amide bonds. The lowest BCUT2D eigenvalue weighted by Gasteiger charge is -2.32. The first kappa shape index (κ1) is 31.5. The van der Waals surface area contributed by atoms with Gasteiger partial charge in [0.2, 0.25) is 5.91 Å². The van der Waals surface area contributed by atoms with Crippen molar-refractivity contribution < 1.29 is 4.79 Å². The number of hydrogen-bond acceptors (Lipinski definition) is 3. The second-order valence-electron chi connectivity index (χ2n) is 28.4. The summed E-state index contributed by atoms with van der Waals surface area (Å²) in [5, 5.41) is 91.0. The molecule has 35 rings (SSSR count). The predicted molar refractivity (Wildman–Crippen MR) is 333 cm³/mol. The van der Waals surface area contributed by atoms with Crippen LogP contribution in [-0.4, -0.2) is 10.9 Å². The Hall–Kier alpha value is -9.90. The van der Waals surface area contributed by atoms with Crippen LogP contribution in [0.3, 0.4) is 0 Å². The number of benzene rings is 19. The van der Waals surface area contributed by atoms with Gasteiger partial charge in [0.15, 0.2) is 0 Å². The summed E-state index contributed by atoms with van der Waals surface area (Å²) in [5.41, 5.74) is 13.3. The molecule has 0 aliphatic heterocycles.